The highest BCUT2D eigenvalue weighted by molar-refractivity contribution is 5.93. The molecule has 2 heterocycles. The van der Waals surface area contributed by atoms with Gasteiger partial charge in [-0.15, -0.1) is 0 Å². The van der Waals surface area contributed by atoms with Crippen molar-refractivity contribution in [2.75, 3.05) is 45.9 Å². The SMILES string of the molecule is O=C1NCCCC[C@@H](C(=O)NCC(=O)N2CCNCC2)NC(=O)[C@H](Cc2cc(C(F)(F)F)cc(C(F)(F)F)c2)C(C(=O)NO)CCCO1. The van der Waals surface area contributed by atoms with E-state index >= 15 is 0 Å². The van der Waals surface area contributed by atoms with E-state index in [0.717, 1.165) is 0 Å². The molecule has 3 atom stereocenters. The summed E-state index contributed by atoms with van der Waals surface area (Å²) in [6.45, 7) is 1.38. The topological polar surface area (TPSA) is 178 Å². The lowest BCUT2D eigenvalue weighted by molar-refractivity contribution is -0.143. The number of hydrogen-bond donors (Lipinski definition) is 6. The van der Waals surface area contributed by atoms with E-state index in [1.807, 2.05) is 0 Å². The minimum Gasteiger partial charge on any atom is -0.450 e. The Balaban J connectivity index is 1.97. The van der Waals surface area contributed by atoms with E-state index in [2.05, 4.69) is 21.3 Å². The number of nitrogens with zero attached hydrogens (tertiary/aromatic N) is 1. The molecule has 5 amide bonds. The molecule has 2 saturated heterocycles. The summed E-state index contributed by atoms with van der Waals surface area (Å²) in [6, 6.07) is -0.586. The third-order valence-electron chi connectivity index (χ3n) is 7.97. The number of halogens is 6. The number of carbonyl (C=O) groups excluding carboxylic acids is 5. The number of amides is 5. The van der Waals surface area contributed by atoms with Gasteiger partial charge in [-0.2, -0.15) is 26.3 Å². The third-order valence-corrected chi connectivity index (χ3v) is 7.97. The second-order valence-corrected chi connectivity index (χ2v) is 11.4. The van der Waals surface area contributed by atoms with Crippen molar-refractivity contribution in [1.29, 1.82) is 0 Å². The molecular formula is C29H38F6N6O7. The number of hydroxylamine groups is 1. The smallest absolute Gasteiger partial charge is 0.416 e. The first-order valence-electron chi connectivity index (χ1n) is 15.3. The molecule has 48 heavy (non-hydrogen) atoms. The Morgan fingerprint density at radius 3 is 2.15 bits per heavy atom. The van der Waals surface area contributed by atoms with Crippen LogP contribution in [0.1, 0.15) is 48.8 Å². The molecule has 19 heteroatoms. The minimum absolute atomic E-state index is 0.0541. The van der Waals surface area contributed by atoms with Crippen molar-refractivity contribution in [2.45, 2.75) is 56.9 Å². The second kappa shape index (κ2) is 17.3. The standard InChI is InChI=1S/C29H38F6N6O7/c30-28(31,32)18-12-17(13-19(15-18)29(33,34)35)14-21-20(25(44)40-47)4-3-11-48-27(46)37-6-2-1-5-22(39-24(21)43)26(45)38-16-23(42)41-9-7-36-8-10-41/h12-13,15,20-22,36,47H,1-11,14,16H2,(H,37,46)(H,38,45)(H,39,43)(H,40,44)/t20?,21-,22+/m1/s1. The van der Waals surface area contributed by atoms with E-state index in [9.17, 15) is 55.5 Å². The first-order valence-corrected chi connectivity index (χ1v) is 15.3. The number of piperazine rings is 1. The van der Waals surface area contributed by atoms with Crippen LogP contribution < -0.4 is 26.7 Å². The number of rotatable bonds is 6. The first kappa shape index (κ1) is 38.3. The summed E-state index contributed by atoms with van der Waals surface area (Å²) in [6.07, 6.45) is -11.9. The van der Waals surface area contributed by atoms with Crippen LogP contribution in [0.3, 0.4) is 0 Å². The van der Waals surface area contributed by atoms with Crippen molar-refractivity contribution < 1.29 is 60.3 Å². The van der Waals surface area contributed by atoms with E-state index in [-0.39, 0.29) is 44.9 Å². The maximum atomic E-state index is 13.8. The molecule has 2 fully saturated rings. The molecule has 0 aliphatic carbocycles. The van der Waals surface area contributed by atoms with E-state index in [0.29, 0.717) is 44.7 Å². The molecule has 6 N–H and O–H groups in total. The van der Waals surface area contributed by atoms with Gasteiger partial charge in [0.25, 0.3) is 0 Å². The fourth-order valence-electron chi connectivity index (χ4n) is 5.45. The maximum Gasteiger partial charge on any atom is 0.416 e. The lowest BCUT2D eigenvalue weighted by atomic mass is 9.81. The molecule has 0 aromatic heterocycles. The third kappa shape index (κ3) is 11.5. The molecule has 1 aromatic rings. The molecule has 1 aromatic carbocycles. The van der Waals surface area contributed by atoms with Crippen molar-refractivity contribution in [3.8, 4) is 0 Å². The highest BCUT2D eigenvalue weighted by Gasteiger charge is 2.40. The van der Waals surface area contributed by atoms with Gasteiger partial charge in [0.15, 0.2) is 0 Å². The van der Waals surface area contributed by atoms with E-state index < -0.39 is 89.6 Å². The number of cyclic esters (lactones) is 1. The molecule has 0 bridgehead atoms. The van der Waals surface area contributed by atoms with Crippen molar-refractivity contribution in [2.24, 2.45) is 11.8 Å². The van der Waals surface area contributed by atoms with Crippen LogP contribution in [0.25, 0.3) is 0 Å². The summed E-state index contributed by atoms with van der Waals surface area (Å²) in [5, 5.41) is 19.9. The van der Waals surface area contributed by atoms with Gasteiger partial charge < -0.3 is 30.9 Å². The summed E-state index contributed by atoms with van der Waals surface area (Å²) in [7, 11) is 0. The maximum absolute atomic E-state index is 13.8. The fourth-order valence-corrected chi connectivity index (χ4v) is 5.45. The highest BCUT2D eigenvalue weighted by Crippen LogP contribution is 2.37. The Labute approximate surface area is 271 Å². The van der Waals surface area contributed by atoms with Gasteiger partial charge in [-0.05, 0) is 62.3 Å². The zero-order chi connectivity index (χ0) is 35.5. The van der Waals surface area contributed by atoms with E-state index in [1.54, 1.807) is 0 Å². The fraction of sp³-hybridized carbons (Fsp3) is 0.621. The van der Waals surface area contributed by atoms with Crippen LogP contribution in [0, 0.1) is 11.8 Å². The van der Waals surface area contributed by atoms with Crippen molar-refractivity contribution >= 4 is 29.7 Å². The van der Waals surface area contributed by atoms with Crippen molar-refractivity contribution in [1.82, 2.24) is 31.6 Å². The van der Waals surface area contributed by atoms with Crippen molar-refractivity contribution in [3.05, 3.63) is 34.9 Å². The first-order chi connectivity index (χ1) is 22.6. The molecule has 0 radical (unpaired) electrons. The average molecular weight is 697 g/mol. The minimum atomic E-state index is -5.19. The largest absolute Gasteiger partial charge is 0.450 e. The van der Waals surface area contributed by atoms with Gasteiger partial charge in [-0.1, -0.05) is 0 Å². The highest BCUT2D eigenvalue weighted by atomic mass is 19.4. The lowest BCUT2D eigenvalue weighted by Gasteiger charge is -2.29. The molecule has 2 aliphatic rings. The molecule has 1 unspecified atom stereocenters. The molecule has 0 spiro atoms. The van der Waals surface area contributed by atoms with Gasteiger partial charge in [0, 0.05) is 32.7 Å². The number of hydrogen-bond acceptors (Lipinski definition) is 8. The van der Waals surface area contributed by atoms with Crippen molar-refractivity contribution in [3.63, 3.8) is 0 Å². The van der Waals surface area contributed by atoms with Crippen LogP contribution in [0.2, 0.25) is 0 Å². The summed E-state index contributed by atoms with van der Waals surface area (Å²) in [5.74, 6) is -6.72. The number of ether oxygens (including phenoxy) is 1. The zero-order valence-corrected chi connectivity index (χ0v) is 25.8. The Kier molecular flexibility index (Phi) is 13.8. The summed E-state index contributed by atoms with van der Waals surface area (Å²) >= 11 is 0. The molecule has 3 rings (SSSR count). The number of alkyl carbamates (subject to hydrolysis) is 1. The predicted octanol–water partition coefficient (Wildman–Crippen LogP) is 1.73. The van der Waals surface area contributed by atoms with Gasteiger partial charge in [0.1, 0.15) is 6.04 Å². The number of benzene rings is 1. The lowest BCUT2D eigenvalue weighted by Crippen LogP contribution is -2.53. The summed E-state index contributed by atoms with van der Waals surface area (Å²) in [5.41, 5.74) is -2.50. The van der Waals surface area contributed by atoms with E-state index in [4.69, 9.17) is 4.74 Å². The molecule has 2 aliphatic heterocycles. The Morgan fingerprint density at radius 1 is 0.896 bits per heavy atom. The van der Waals surface area contributed by atoms with Gasteiger partial charge in [0.2, 0.25) is 23.6 Å². The number of carbonyl (C=O) groups is 5. The number of nitrogens with one attached hydrogen (secondary N) is 5. The quantitative estimate of drug-likeness (QED) is 0.148. The molecule has 13 nitrogen and oxygen atoms in total. The Bertz CT molecular complexity index is 1270. The Hall–Kier alpha value is -4.13. The van der Waals surface area contributed by atoms with Crippen LogP contribution in [0.5, 0.6) is 0 Å². The van der Waals surface area contributed by atoms with Crippen LogP contribution >= 0.6 is 0 Å². The molecule has 268 valence electrons. The second-order valence-electron chi connectivity index (χ2n) is 11.4. The zero-order valence-electron chi connectivity index (χ0n) is 25.8. The van der Waals surface area contributed by atoms with Gasteiger partial charge in [0.05, 0.1) is 36.1 Å². The number of alkyl halides is 6. The normalized spacial score (nSPS) is 22.2. The summed E-state index contributed by atoms with van der Waals surface area (Å²) in [4.78, 5) is 66.1. The summed E-state index contributed by atoms with van der Waals surface area (Å²) < 4.78 is 86.7. The molecular weight excluding hydrogens is 658 g/mol. The average Bonchev–Trinajstić information content (AvgIpc) is 3.04. The van der Waals surface area contributed by atoms with Gasteiger partial charge in [-0.25, -0.2) is 10.3 Å². The van der Waals surface area contributed by atoms with Crippen LogP contribution in [-0.4, -0.2) is 91.7 Å². The van der Waals surface area contributed by atoms with Crippen LogP contribution in [0.4, 0.5) is 31.1 Å². The van der Waals surface area contributed by atoms with E-state index in [1.165, 1.54) is 10.4 Å². The monoisotopic (exact) mass is 696 g/mol. The van der Waals surface area contributed by atoms with Crippen LogP contribution in [0.15, 0.2) is 18.2 Å². The van der Waals surface area contributed by atoms with Gasteiger partial charge >= 0.3 is 18.4 Å². The predicted molar refractivity (Wildman–Crippen MR) is 154 cm³/mol. The molecule has 0 saturated carbocycles. The Morgan fingerprint density at radius 2 is 1.54 bits per heavy atom. The van der Waals surface area contributed by atoms with Crippen LogP contribution in [-0.2, 0) is 42.7 Å². The van der Waals surface area contributed by atoms with Gasteiger partial charge in [-0.3, -0.25) is 24.4 Å².